The lowest BCUT2D eigenvalue weighted by Gasteiger charge is -2.25. The van der Waals surface area contributed by atoms with Crippen LogP contribution < -0.4 is 5.43 Å². The molecule has 1 unspecified atom stereocenters. The van der Waals surface area contributed by atoms with Gasteiger partial charge in [-0.1, -0.05) is 6.07 Å². The van der Waals surface area contributed by atoms with Crippen LogP contribution in [0.2, 0.25) is 0 Å². The molecule has 0 saturated heterocycles. The molecule has 2 rings (SSSR count). The highest BCUT2D eigenvalue weighted by Crippen LogP contribution is 2.12. The summed E-state index contributed by atoms with van der Waals surface area (Å²) in [6, 6.07) is 4.04. The van der Waals surface area contributed by atoms with Crippen LogP contribution in [0.3, 0.4) is 0 Å². The third-order valence-corrected chi connectivity index (χ3v) is 4.27. The van der Waals surface area contributed by atoms with Gasteiger partial charge in [0, 0.05) is 50.0 Å². The van der Waals surface area contributed by atoms with Crippen LogP contribution in [0.5, 0.6) is 0 Å². The average Bonchev–Trinajstić information content (AvgIpc) is 2.55. The Hall–Kier alpha value is -2.24. The fourth-order valence-electron chi connectivity index (χ4n) is 2.51. The van der Waals surface area contributed by atoms with Crippen molar-refractivity contribution >= 4 is 17.5 Å². The summed E-state index contributed by atoms with van der Waals surface area (Å²) >= 11 is 0. The molecule has 0 spiro atoms. The van der Waals surface area contributed by atoms with Gasteiger partial charge in [0.15, 0.2) is 0 Å². The summed E-state index contributed by atoms with van der Waals surface area (Å²) in [7, 11) is 1.83. The smallest absolute Gasteiger partial charge is 0.240 e. The van der Waals surface area contributed by atoms with Crippen molar-refractivity contribution < 1.29 is 9.59 Å². The van der Waals surface area contributed by atoms with Gasteiger partial charge in [-0.15, -0.1) is 0 Å². The predicted molar refractivity (Wildman–Crippen MR) is 89.0 cm³/mol. The van der Waals surface area contributed by atoms with E-state index >= 15 is 0 Å². The highest BCUT2D eigenvalue weighted by molar-refractivity contribution is 5.94. The van der Waals surface area contributed by atoms with Gasteiger partial charge in [0.1, 0.15) is 0 Å². The van der Waals surface area contributed by atoms with Crippen LogP contribution in [0.1, 0.15) is 43.9 Å². The van der Waals surface area contributed by atoms with E-state index in [0.717, 1.165) is 23.4 Å². The monoisotopic (exact) mass is 316 g/mol. The van der Waals surface area contributed by atoms with E-state index in [-0.39, 0.29) is 17.9 Å². The Morgan fingerprint density at radius 1 is 1.43 bits per heavy atom. The molecule has 1 aromatic rings. The second-order valence-electron chi connectivity index (χ2n) is 6.04. The Kier molecular flexibility index (Phi) is 5.84. The molecule has 0 fully saturated rings. The molecular formula is C17H24N4O2. The number of amides is 2. The summed E-state index contributed by atoms with van der Waals surface area (Å²) < 4.78 is 0. The Bertz CT molecular complexity index is 612. The van der Waals surface area contributed by atoms with Crippen molar-refractivity contribution in [2.24, 2.45) is 5.10 Å². The first-order valence-corrected chi connectivity index (χ1v) is 7.97. The van der Waals surface area contributed by atoms with Crippen molar-refractivity contribution in [2.75, 3.05) is 7.05 Å². The van der Waals surface area contributed by atoms with Crippen LogP contribution in [0.4, 0.5) is 0 Å². The molecule has 0 aromatic carbocycles. The largest absolute Gasteiger partial charge is 0.343 e. The van der Waals surface area contributed by atoms with Crippen LogP contribution in [-0.2, 0) is 16.0 Å². The van der Waals surface area contributed by atoms with Crippen LogP contribution >= 0.6 is 0 Å². The number of nitrogens with zero attached hydrogens (tertiary/aromatic N) is 3. The molecule has 124 valence electrons. The van der Waals surface area contributed by atoms with Gasteiger partial charge in [0.25, 0.3) is 0 Å². The van der Waals surface area contributed by atoms with E-state index in [1.54, 1.807) is 11.1 Å². The summed E-state index contributed by atoms with van der Waals surface area (Å²) in [5.74, 6) is 0.0298. The molecule has 6 heteroatoms. The van der Waals surface area contributed by atoms with Crippen LogP contribution in [-0.4, -0.2) is 40.5 Å². The van der Waals surface area contributed by atoms with E-state index in [4.69, 9.17) is 0 Å². The molecule has 0 saturated carbocycles. The van der Waals surface area contributed by atoms with Crippen molar-refractivity contribution in [1.82, 2.24) is 15.3 Å². The van der Waals surface area contributed by atoms with Crippen LogP contribution in [0.15, 0.2) is 23.4 Å². The standard InChI is InChI=1S/C17H24N4O2/c1-12-5-4-10-18-15(12)11-13(2)21(3)17(23)9-7-14-6-8-16(22)20-19-14/h4-5,10,13H,6-9,11H2,1-3H3,(H,20,22). The zero-order valence-electron chi connectivity index (χ0n) is 14.0. The van der Waals surface area contributed by atoms with Crippen molar-refractivity contribution in [1.29, 1.82) is 0 Å². The van der Waals surface area contributed by atoms with E-state index in [2.05, 4.69) is 15.5 Å². The molecule has 23 heavy (non-hydrogen) atoms. The molecule has 1 aromatic heterocycles. The van der Waals surface area contributed by atoms with E-state index in [0.29, 0.717) is 25.7 Å². The van der Waals surface area contributed by atoms with E-state index in [9.17, 15) is 9.59 Å². The molecule has 1 N–H and O–H groups in total. The van der Waals surface area contributed by atoms with E-state index in [1.165, 1.54) is 0 Å². The maximum absolute atomic E-state index is 12.3. The van der Waals surface area contributed by atoms with Gasteiger partial charge in [-0.2, -0.15) is 5.10 Å². The minimum atomic E-state index is -0.0588. The molecule has 0 aliphatic carbocycles. The summed E-state index contributed by atoms with van der Waals surface area (Å²) in [5.41, 5.74) is 5.52. The molecule has 1 aliphatic heterocycles. The Balaban J connectivity index is 1.84. The highest BCUT2D eigenvalue weighted by atomic mass is 16.2. The third-order valence-electron chi connectivity index (χ3n) is 4.27. The van der Waals surface area contributed by atoms with Gasteiger partial charge in [0.05, 0.1) is 0 Å². The quantitative estimate of drug-likeness (QED) is 0.870. The second kappa shape index (κ2) is 7.85. The lowest BCUT2D eigenvalue weighted by molar-refractivity contribution is -0.131. The molecule has 1 aliphatic rings. The normalized spacial score (nSPS) is 15.6. The van der Waals surface area contributed by atoms with E-state index in [1.807, 2.05) is 33.0 Å². The van der Waals surface area contributed by atoms with Gasteiger partial charge in [-0.25, -0.2) is 5.43 Å². The third kappa shape index (κ3) is 4.87. The highest BCUT2D eigenvalue weighted by Gasteiger charge is 2.19. The maximum Gasteiger partial charge on any atom is 0.240 e. The lowest BCUT2D eigenvalue weighted by atomic mass is 10.1. The second-order valence-corrected chi connectivity index (χ2v) is 6.04. The van der Waals surface area contributed by atoms with Gasteiger partial charge in [-0.05, 0) is 38.3 Å². The average molecular weight is 316 g/mol. The lowest BCUT2D eigenvalue weighted by Crippen LogP contribution is -2.37. The van der Waals surface area contributed by atoms with Crippen molar-refractivity contribution in [3.05, 3.63) is 29.6 Å². The number of hydrogen-bond acceptors (Lipinski definition) is 4. The first kappa shape index (κ1) is 17.1. The summed E-state index contributed by atoms with van der Waals surface area (Å²) in [6.45, 7) is 4.07. The minimum Gasteiger partial charge on any atom is -0.343 e. The molecule has 2 amide bonds. The number of hydrogen-bond donors (Lipinski definition) is 1. The van der Waals surface area contributed by atoms with Gasteiger partial charge in [-0.3, -0.25) is 14.6 Å². The zero-order chi connectivity index (χ0) is 16.8. The Labute approximate surface area is 137 Å². The number of likely N-dealkylation sites (N-methyl/N-ethyl adjacent to an activating group) is 1. The fraction of sp³-hybridized carbons (Fsp3) is 0.529. The zero-order valence-corrected chi connectivity index (χ0v) is 14.0. The first-order valence-electron chi connectivity index (χ1n) is 7.97. The fourth-order valence-corrected chi connectivity index (χ4v) is 2.51. The van der Waals surface area contributed by atoms with Gasteiger partial charge >= 0.3 is 0 Å². The molecule has 1 atom stereocenters. The number of rotatable bonds is 6. The molecule has 2 heterocycles. The Morgan fingerprint density at radius 2 is 2.22 bits per heavy atom. The van der Waals surface area contributed by atoms with Gasteiger partial charge < -0.3 is 4.90 Å². The summed E-state index contributed by atoms with van der Waals surface area (Å²) in [6.07, 6.45) is 4.64. The number of aromatic nitrogens is 1. The van der Waals surface area contributed by atoms with E-state index < -0.39 is 0 Å². The first-order chi connectivity index (χ1) is 11.0. The van der Waals surface area contributed by atoms with Crippen molar-refractivity contribution in [2.45, 2.75) is 52.0 Å². The topological polar surface area (TPSA) is 74.7 Å². The van der Waals surface area contributed by atoms with Crippen molar-refractivity contribution in [3.63, 3.8) is 0 Å². The number of nitrogens with one attached hydrogen (secondary N) is 1. The van der Waals surface area contributed by atoms with Crippen molar-refractivity contribution in [3.8, 4) is 0 Å². The number of pyridine rings is 1. The number of carbonyl (C=O) groups is 2. The number of carbonyl (C=O) groups excluding carboxylic acids is 2. The predicted octanol–water partition coefficient (Wildman–Crippen LogP) is 1.83. The van der Waals surface area contributed by atoms with Crippen LogP contribution in [0.25, 0.3) is 0 Å². The molecule has 0 radical (unpaired) electrons. The number of aryl methyl sites for hydroxylation is 1. The van der Waals surface area contributed by atoms with Gasteiger partial charge in [0.2, 0.25) is 11.8 Å². The maximum atomic E-state index is 12.3. The molecule has 6 nitrogen and oxygen atoms in total. The number of hydrazone groups is 1. The SMILES string of the molecule is Cc1cccnc1CC(C)N(C)C(=O)CCC1=NNC(=O)CC1. The molecular weight excluding hydrogens is 292 g/mol. The molecule has 0 bridgehead atoms. The summed E-state index contributed by atoms with van der Waals surface area (Å²) in [5, 5.41) is 4.00. The minimum absolute atomic E-state index is 0.0588. The Morgan fingerprint density at radius 3 is 2.87 bits per heavy atom. The summed E-state index contributed by atoms with van der Waals surface area (Å²) in [4.78, 5) is 29.5. The van der Waals surface area contributed by atoms with Crippen LogP contribution in [0, 0.1) is 6.92 Å².